The first-order valence-corrected chi connectivity index (χ1v) is 11.2. The van der Waals surface area contributed by atoms with Crippen LogP contribution in [0.15, 0.2) is 46.9 Å². The maximum absolute atomic E-state index is 12.8. The Morgan fingerprint density at radius 2 is 1.79 bits per heavy atom. The predicted octanol–water partition coefficient (Wildman–Crippen LogP) is 6.31. The molecule has 0 amide bonds. The highest BCUT2D eigenvalue weighted by atomic mass is 32.1. The van der Waals surface area contributed by atoms with Crippen LogP contribution >= 0.6 is 11.3 Å². The van der Waals surface area contributed by atoms with Crippen LogP contribution in [0.25, 0.3) is 21.7 Å². The second kappa shape index (κ2) is 8.75. The zero-order valence-corrected chi connectivity index (χ0v) is 19.4. The van der Waals surface area contributed by atoms with Crippen LogP contribution in [0.5, 0.6) is 5.75 Å². The second-order valence-electron chi connectivity index (χ2n) is 8.23. The second-order valence-corrected chi connectivity index (χ2v) is 9.32. The van der Waals surface area contributed by atoms with Gasteiger partial charge < -0.3 is 14.3 Å². The summed E-state index contributed by atoms with van der Waals surface area (Å²) in [6, 6.07) is 10.0. The van der Waals surface area contributed by atoms with Gasteiger partial charge in [-0.25, -0.2) is 14.8 Å². The van der Waals surface area contributed by atoms with Crippen LogP contribution in [0.4, 0.5) is 13.2 Å². The number of nitrogens with zero attached hydrogens (tertiary/aromatic N) is 2. The number of carboxylic acids is 1. The molecule has 1 N–H and O–H groups in total. The average Bonchev–Trinajstić information content (AvgIpc) is 3.35. The predicted molar refractivity (Wildman–Crippen MR) is 121 cm³/mol. The van der Waals surface area contributed by atoms with Gasteiger partial charge in [0.15, 0.2) is 22.8 Å². The van der Waals surface area contributed by atoms with Gasteiger partial charge in [0, 0.05) is 16.9 Å². The van der Waals surface area contributed by atoms with E-state index in [1.807, 2.05) is 6.92 Å². The molecule has 4 rings (SSSR count). The molecule has 0 saturated heterocycles. The van der Waals surface area contributed by atoms with E-state index in [-0.39, 0.29) is 0 Å². The summed E-state index contributed by atoms with van der Waals surface area (Å²) in [6.07, 6.45) is -3.34. The van der Waals surface area contributed by atoms with Crippen molar-refractivity contribution in [1.82, 2.24) is 9.97 Å². The molecule has 0 fully saturated rings. The number of halogens is 3. The first-order valence-electron chi connectivity index (χ1n) is 10.4. The molecule has 0 bridgehead atoms. The van der Waals surface area contributed by atoms with E-state index in [4.69, 9.17) is 9.15 Å². The molecule has 2 aromatic carbocycles. The number of ether oxygens (including phenoxy) is 1. The Kier molecular flexibility index (Phi) is 6.11. The van der Waals surface area contributed by atoms with Gasteiger partial charge in [-0.05, 0) is 51.5 Å². The minimum Gasteiger partial charge on any atom is -0.478 e. The highest BCUT2D eigenvalue weighted by Gasteiger charge is 2.31. The van der Waals surface area contributed by atoms with Gasteiger partial charge in [0.1, 0.15) is 10.5 Å². The normalized spacial score (nSPS) is 12.3. The molecule has 0 aliphatic rings. The molecule has 34 heavy (non-hydrogen) atoms. The fraction of sp³-hybridized carbons (Fsp3) is 0.292. The number of carboxylic acid groups (broad SMARTS) is 1. The Balaban J connectivity index is 1.51. The molecule has 178 valence electrons. The molecule has 0 radical (unpaired) electrons. The van der Waals surface area contributed by atoms with Crippen LogP contribution in [0.2, 0.25) is 0 Å². The van der Waals surface area contributed by atoms with Crippen molar-refractivity contribution in [3.05, 3.63) is 64.5 Å². The van der Waals surface area contributed by atoms with Crippen LogP contribution in [0, 0.1) is 6.92 Å². The summed E-state index contributed by atoms with van der Waals surface area (Å²) in [4.78, 5) is 21.4. The van der Waals surface area contributed by atoms with Crippen molar-refractivity contribution in [3.63, 3.8) is 0 Å². The smallest absolute Gasteiger partial charge is 0.416 e. The molecule has 2 heterocycles. The van der Waals surface area contributed by atoms with Crippen molar-refractivity contribution in [3.8, 4) is 16.3 Å². The number of hydrogen-bond acceptors (Lipinski definition) is 6. The number of aliphatic carboxylic acids is 1. The molecule has 0 aliphatic carbocycles. The number of alkyl halides is 3. The van der Waals surface area contributed by atoms with E-state index >= 15 is 0 Å². The average molecular weight is 491 g/mol. The Morgan fingerprint density at radius 3 is 2.44 bits per heavy atom. The van der Waals surface area contributed by atoms with Crippen molar-refractivity contribution >= 4 is 28.4 Å². The van der Waals surface area contributed by atoms with Crippen molar-refractivity contribution in [2.75, 3.05) is 0 Å². The standard InChI is InChI=1S/C24H21F3N2O4S/c1-13-18(34-21(28-13)14-7-9-15(10-8-14)24(25,26)27)11-12-19-29-16-5-4-6-17(20(16)32-19)33-23(2,3)22(30)31/h4-10H,11-12H2,1-3H3,(H,30,31). The molecule has 2 aromatic heterocycles. The zero-order chi connectivity index (χ0) is 24.7. The van der Waals surface area contributed by atoms with E-state index < -0.39 is 23.3 Å². The SMILES string of the molecule is Cc1nc(-c2ccc(C(F)(F)F)cc2)sc1CCc1nc2cccc(OC(C)(C)C(=O)O)c2o1. The van der Waals surface area contributed by atoms with Crippen molar-refractivity contribution in [2.45, 2.75) is 45.4 Å². The highest BCUT2D eigenvalue weighted by molar-refractivity contribution is 7.15. The molecule has 0 saturated carbocycles. The molecular weight excluding hydrogens is 469 g/mol. The summed E-state index contributed by atoms with van der Waals surface area (Å²) < 4.78 is 49.9. The van der Waals surface area contributed by atoms with Gasteiger partial charge in [0.05, 0.1) is 11.3 Å². The Bertz CT molecular complexity index is 1340. The minimum absolute atomic E-state index is 0.294. The van der Waals surface area contributed by atoms with E-state index in [9.17, 15) is 23.1 Å². The van der Waals surface area contributed by atoms with Crippen LogP contribution in [-0.2, 0) is 23.8 Å². The number of hydrogen-bond donors (Lipinski definition) is 1. The summed E-state index contributed by atoms with van der Waals surface area (Å²) >= 11 is 1.41. The number of benzene rings is 2. The van der Waals surface area contributed by atoms with E-state index in [0.29, 0.717) is 46.2 Å². The van der Waals surface area contributed by atoms with E-state index in [1.54, 1.807) is 18.2 Å². The molecule has 10 heteroatoms. The Hall–Kier alpha value is -3.40. The maximum atomic E-state index is 12.8. The lowest BCUT2D eigenvalue weighted by Crippen LogP contribution is -2.37. The number of rotatable bonds is 7. The summed E-state index contributed by atoms with van der Waals surface area (Å²) in [5, 5.41) is 9.97. The van der Waals surface area contributed by atoms with Crippen molar-refractivity contribution in [1.29, 1.82) is 0 Å². The summed E-state index contributed by atoms with van der Waals surface area (Å²) in [5.74, 6) is -0.348. The lowest BCUT2D eigenvalue weighted by atomic mass is 10.1. The number of carbonyl (C=O) groups is 1. The van der Waals surface area contributed by atoms with Gasteiger partial charge in [0.25, 0.3) is 0 Å². The third kappa shape index (κ3) is 4.91. The molecule has 6 nitrogen and oxygen atoms in total. The first kappa shape index (κ1) is 23.7. The maximum Gasteiger partial charge on any atom is 0.416 e. The first-order chi connectivity index (χ1) is 15.9. The molecule has 0 atom stereocenters. The van der Waals surface area contributed by atoms with Crippen LogP contribution in [-0.4, -0.2) is 26.6 Å². The zero-order valence-electron chi connectivity index (χ0n) is 18.6. The van der Waals surface area contributed by atoms with Crippen molar-refractivity contribution < 1.29 is 32.2 Å². The summed E-state index contributed by atoms with van der Waals surface area (Å²) in [5.41, 5.74) is 0.213. The number of aryl methyl sites for hydroxylation is 3. The van der Waals surface area contributed by atoms with E-state index in [2.05, 4.69) is 9.97 Å². The number of aromatic nitrogens is 2. The number of para-hydroxylation sites is 1. The minimum atomic E-state index is -4.38. The van der Waals surface area contributed by atoms with Gasteiger partial charge in [-0.15, -0.1) is 11.3 Å². The van der Waals surface area contributed by atoms with Gasteiger partial charge in [-0.3, -0.25) is 0 Å². The van der Waals surface area contributed by atoms with Crippen LogP contribution < -0.4 is 4.74 Å². The van der Waals surface area contributed by atoms with Gasteiger partial charge >= 0.3 is 12.1 Å². The van der Waals surface area contributed by atoms with Crippen LogP contribution in [0.3, 0.4) is 0 Å². The van der Waals surface area contributed by atoms with Crippen LogP contribution in [0.1, 0.15) is 35.9 Å². The number of thiazole rings is 1. The fourth-order valence-corrected chi connectivity index (χ4v) is 4.35. The quantitative estimate of drug-likeness (QED) is 0.327. The third-order valence-electron chi connectivity index (χ3n) is 5.22. The fourth-order valence-electron chi connectivity index (χ4n) is 3.28. The van der Waals surface area contributed by atoms with Gasteiger partial charge in [-0.2, -0.15) is 13.2 Å². The monoisotopic (exact) mass is 490 g/mol. The van der Waals surface area contributed by atoms with E-state index in [0.717, 1.165) is 22.7 Å². The van der Waals surface area contributed by atoms with Crippen molar-refractivity contribution in [2.24, 2.45) is 0 Å². The third-order valence-corrected chi connectivity index (χ3v) is 6.49. The lowest BCUT2D eigenvalue weighted by molar-refractivity contribution is -0.152. The van der Waals surface area contributed by atoms with E-state index in [1.165, 1.54) is 37.3 Å². The topological polar surface area (TPSA) is 85.5 Å². The molecule has 0 spiro atoms. The largest absolute Gasteiger partial charge is 0.478 e. The molecule has 4 aromatic rings. The number of fused-ring (bicyclic) bond motifs is 1. The molecular formula is C24H21F3N2O4S. The summed E-state index contributed by atoms with van der Waals surface area (Å²) in [6.45, 7) is 4.75. The van der Waals surface area contributed by atoms with Gasteiger partial charge in [0.2, 0.25) is 0 Å². The van der Waals surface area contributed by atoms with Gasteiger partial charge in [-0.1, -0.05) is 18.2 Å². The Morgan fingerprint density at radius 1 is 1.09 bits per heavy atom. The molecule has 0 aliphatic heterocycles. The lowest BCUT2D eigenvalue weighted by Gasteiger charge is -2.21. The molecule has 0 unspecified atom stereocenters. The number of oxazole rings is 1. The highest BCUT2D eigenvalue weighted by Crippen LogP contribution is 2.34. The summed E-state index contributed by atoms with van der Waals surface area (Å²) in [7, 11) is 0. The Labute approximate surface area is 197 Å².